The Hall–Kier alpha value is -1.32. The van der Waals surface area contributed by atoms with E-state index in [-0.39, 0.29) is 5.92 Å². The molecule has 1 aliphatic carbocycles. The summed E-state index contributed by atoms with van der Waals surface area (Å²) in [6, 6.07) is 0. The quantitative estimate of drug-likeness (QED) is 0.853. The second-order valence-electron chi connectivity index (χ2n) is 5.28. The molecule has 3 rings (SSSR count). The summed E-state index contributed by atoms with van der Waals surface area (Å²) in [7, 11) is 0. The molecule has 1 aromatic rings. The first-order chi connectivity index (χ1) is 8.25. The lowest BCUT2D eigenvalue weighted by atomic mass is 9.92. The van der Waals surface area contributed by atoms with Crippen LogP contribution < -0.4 is 0 Å². The Kier molecular flexibility index (Phi) is 2.65. The van der Waals surface area contributed by atoms with E-state index in [4.69, 9.17) is 5.11 Å². The van der Waals surface area contributed by atoms with Gasteiger partial charge in [0.15, 0.2) is 0 Å². The monoisotopic (exact) mass is 234 g/mol. The van der Waals surface area contributed by atoms with Crippen molar-refractivity contribution in [3.63, 3.8) is 0 Å². The first kappa shape index (κ1) is 10.8. The summed E-state index contributed by atoms with van der Waals surface area (Å²) >= 11 is 0. The zero-order valence-corrected chi connectivity index (χ0v) is 9.93. The number of hydrogen-bond acceptors (Lipinski definition) is 2. The van der Waals surface area contributed by atoms with E-state index in [1.165, 1.54) is 37.1 Å². The Balaban J connectivity index is 1.88. The summed E-state index contributed by atoms with van der Waals surface area (Å²) < 4.78 is 2.16. The molecule has 1 aromatic heterocycles. The number of carbonyl (C=O) groups is 1. The fourth-order valence-electron chi connectivity index (χ4n) is 3.22. The highest BCUT2D eigenvalue weighted by atomic mass is 16.4. The van der Waals surface area contributed by atoms with Crippen molar-refractivity contribution in [3.05, 3.63) is 17.7 Å². The summed E-state index contributed by atoms with van der Waals surface area (Å²) in [5.41, 5.74) is 2.38. The van der Waals surface area contributed by atoms with Crippen LogP contribution in [0, 0.1) is 5.92 Å². The van der Waals surface area contributed by atoms with Crippen LogP contribution in [-0.2, 0) is 17.8 Å². The number of carboxylic acid groups (broad SMARTS) is 1. The Morgan fingerprint density at radius 3 is 2.82 bits per heavy atom. The minimum atomic E-state index is -0.658. The molecule has 0 radical (unpaired) electrons. The molecular formula is C13H18N2O2. The maximum absolute atomic E-state index is 11.1. The molecule has 2 aliphatic rings. The molecular weight excluding hydrogens is 216 g/mol. The van der Waals surface area contributed by atoms with Gasteiger partial charge in [0.05, 0.1) is 17.9 Å². The van der Waals surface area contributed by atoms with Gasteiger partial charge < -0.3 is 9.67 Å². The van der Waals surface area contributed by atoms with Gasteiger partial charge in [-0.05, 0) is 19.3 Å². The van der Waals surface area contributed by atoms with E-state index in [0.29, 0.717) is 12.3 Å². The van der Waals surface area contributed by atoms with Crippen molar-refractivity contribution in [2.45, 2.75) is 51.0 Å². The predicted octanol–water partition coefficient (Wildman–Crippen LogP) is 2.19. The number of aryl methyl sites for hydroxylation is 1. The zero-order valence-electron chi connectivity index (χ0n) is 9.93. The third-order valence-electron chi connectivity index (χ3n) is 4.23. The standard InChI is InChI=1S/C13H18N2O2/c16-13(17)10-5-6-15-8-14-12(11(15)7-10)9-3-1-2-4-9/h8-10H,1-7H2,(H,16,17). The van der Waals surface area contributed by atoms with E-state index in [2.05, 4.69) is 9.55 Å². The van der Waals surface area contributed by atoms with Crippen LogP contribution in [0.15, 0.2) is 6.33 Å². The fourth-order valence-corrected chi connectivity index (χ4v) is 3.22. The maximum atomic E-state index is 11.1. The summed E-state index contributed by atoms with van der Waals surface area (Å²) in [4.78, 5) is 15.6. The van der Waals surface area contributed by atoms with Crippen molar-refractivity contribution >= 4 is 5.97 Å². The Morgan fingerprint density at radius 2 is 2.12 bits per heavy atom. The van der Waals surface area contributed by atoms with Crippen molar-refractivity contribution in [1.29, 1.82) is 0 Å². The lowest BCUT2D eigenvalue weighted by molar-refractivity contribution is -0.142. The molecule has 2 heterocycles. The number of hydrogen-bond donors (Lipinski definition) is 1. The number of fused-ring (bicyclic) bond motifs is 1. The average molecular weight is 234 g/mol. The van der Waals surface area contributed by atoms with Crippen molar-refractivity contribution in [3.8, 4) is 0 Å². The summed E-state index contributed by atoms with van der Waals surface area (Å²) in [5, 5.41) is 9.13. The number of imidazole rings is 1. The number of aliphatic carboxylic acids is 1. The molecule has 0 amide bonds. The molecule has 4 heteroatoms. The Morgan fingerprint density at radius 1 is 1.35 bits per heavy atom. The number of carboxylic acids is 1. The molecule has 1 saturated carbocycles. The number of aromatic nitrogens is 2. The normalized spacial score (nSPS) is 24.8. The highest BCUT2D eigenvalue weighted by Gasteiger charge is 2.30. The largest absolute Gasteiger partial charge is 0.481 e. The van der Waals surface area contributed by atoms with Gasteiger partial charge in [0.25, 0.3) is 0 Å². The topological polar surface area (TPSA) is 55.1 Å². The van der Waals surface area contributed by atoms with Gasteiger partial charge in [0.1, 0.15) is 0 Å². The summed E-state index contributed by atoms with van der Waals surface area (Å²) in [6.07, 6.45) is 8.34. The minimum Gasteiger partial charge on any atom is -0.481 e. The first-order valence-electron chi connectivity index (χ1n) is 6.52. The van der Waals surface area contributed by atoms with Crippen LogP contribution in [0.1, 0.15) is 49.4 Å². The lowest BCUT2D eigenvalue weighted by Crippen LogP contribution is -2.25. The van der Waals surface area contributed by atoms with Gasteiger partial charge in [-0.1, -0.05) is 12.8 Å². The minimum absolute atomic E-state index is 0.209. The molecule has 1 atom stereocenters. The predicted molar refractivity (Wildman–Crippen MR) is 62.9 cm³/mol. The Labute approximate surface area is 101 Å². The third-order valence-corrected chi connectivity index (χ3v) is 4.23. The van der Waals surface area contributed by atoms with Crippen LogP contribution in [0.2, 0.25) is 0 Å². The van der Waals surface area contributed by atoms with Crippen LogP contribution in [0.25, 0.3) is 0 Å². The van der Waals surface area contributed by atoms with Gasteiger partial charge in [-0.15, -0.1) is 0 Å². The van der Waals surface area contributed by atoms with Crippen LogP contribution in [0.3, 0.4) is 0 Å². The van der Waals surface area contributed by atoms with Crippen LogP contribution in [-0.4, -0.2) is 20.6 Å². The summed E-state index contributed by atoms with van der Waals surface area (Å²) in [5.74, 6) is -0.284. The van der Waals surface area contributed by atoms with E-state index < -0.39 is 5.97 Å². The van der Waals surface area contributed by atoms with Crippen molar-refractivity contribution in [2.75, 3.05) is 0 Å². The van der Waals surface area contributed by atoms with Crippen molar-refractivity contribution < 1.29 is 9.90 Å². The Bertz CT molecular complexity index is 433. The molecule has 92 valence electrons. The second-order valence-corrected chi connectivity index (χ2v) is 5.28. The molecule has 0 spiro atoms. The maximum Gasteiger partial charge on any atom is 0.306 e. The highest BCUT2D eigenvalue weighted by molar-refractivity contribution is 5.70. The molecule has 1 aliphatic heterocycles. The van der Waals surface area contributed by atoms with E-state index in [1.807, 2.05) is 6.33 Å². The van der Waals surface area contributed by atoms with Crippen LogP contribution in [0.4, 0.5) is 0 Å². The number of nitrogens with zero attached hydrogens (tertiary/aromatic N) is 2. The SMILES string of the molecule is O=C(O)C1CCn2cnc(C3CCCC3)c2C1. The van der Waals surface area contributed by atoms with Gasteiger partial charge >= 0.3 is 5.97 Å². The van der Waals surface area contributed by atoms with Gasteiger partial charge in [-0.3, -0.25) is 4.79 Å². The van der Waals surface area contributed by atoms with Gasteiger partial charge in [-0.2, -0.15) is 0 Å². The van der Waals surface area contributed by atoms with Crippen LogP contribution >= 0.6 is 0 Å². The van der Waals surface area contributed by atoms with E-state index in [1.54, 1.807) is 0 Å². The smallest absolute Gasteiger partial charge is 0.306 e. The van der Waals surface area contributed by atoms with E-state index in [0.717, 1.165) is 13.0 Å². The van der Waals surface area contributed by atoms with Crippen molar-refractivity contribution in [2.24, 2.45) is 5.92 Å². The fraction of sp³-hybridized carbons (Fsp3) is 0.692. The molecule has 0 bridgehead atoms. The molecule has 17 heavy (non-hydrogen) atoms. The van der Waals surface area contributed by atoms with Crippen LogP contribution in [0.5, 0.6) is 0 Å². The van der Waals surface area contributed by atoms with Crippen molar-refractivity contribution in [1.82, 2.24) is 9.55 Å². The van der Waals surface area contributed by atoms with Gasteiger partial charge in [0.2, 0.25) is 0 Å². The third kappa shape index (κ3) is 1.85. The molecule has 0 saturated heterocycles. The number of rotatable bonds is 2. The molecule has 4 nitrogen and oxygen atoms in total. The lowest BCUT2D eigenvalue weighted by Gasteiger charge is -2.22. The summed E-state index contributed by atoms with van der Waals surface area (Å²) in [6.45, 7) is 0.812. The average Bonchev–Trinajstić information content (AvgIpc) is 2.96. The zero-order chi connectivity index (χ0) is 11.8. The highest BCUT2D eigenvalue weighted by Crippen LogP contribution is 2.37. The molecule has 1 unspecified atom stereocenters. The molecule has 0 aromatic carbocycles. The molecule has 1 fully saturated rings. The van der Waals surface area contributed by atoms with Gasteiger partial charge in [0, 0.05) is 24.6 Å². The van der Waals surface area contributed by atoms with E-state index >= 15 is 0 Å². The van der Waals surface area contributed by atoms with Gasteiger partial charge in [-0.25, -0.2) is 4.98 Å². The molecule has 1 N–H and O–H groups in total. The van der Waals surface area contributed by atoms with E-state index in [9.17, 15) is 4.79 Å². The first-order valence-corrected chi connectivity index (χ1v) is 6.52. The second kappa shape index (κ2) is 4.17.